The Balaban J connectivity index is 1.22. The van der Waals surface area contributed by atoms with Gasteiger partial charge >= 0.3 is 0 Å². The number of piperidine rings is 1. The molecule has 2 aliphatic heterocycles. The van der Waals surface area contributed by atoms with E-state index in [9.17, 15) is 4.79 Å². The number of rotatable bonds is 3. The van der Waals surface area contributed by atoms with E-state index in [1.807, 2.05) is 17.0 Å². The van der Waals surface area contributed by atoms with E-state index >= 15 is 0 Å². The van der Waals surface area contributed by atoms with Gasteiger partial charge in [0.1, 0.15) is 5.52 Å². The van der Waals surface area contributed by atoms with Crippen LogP contribution in [0.4, 0.5) is 0 Å². The fourth-order valence-electron chi connectivity index (χ4n) is 4.76. The zero-order valence-electron chi connectivity index (χ0n) is 16.0. The van der Waals surface area contributed by atoms with Gasteiger partial charge in [-0.15, -0.1) is 0 Å². The van der Waals surface area contributed by atoms with Crippen LogP contribution in [0.1, 0.15) is 35.2 Å². The molecule has 1 aromatic carbocycles. The van der Waals surface area contributed by atoms with Crippen LogP contribution in [0.2, 0.25) is 0 Å². The number of carbonyl (C=O) groups is 1. The molecule has 4 heterocycles. The van der Waals surface area contributed by atoms with Gasteiger partial charge in [-0.2, -0.15) is 14.8 Å². The number of carbonyl (C=O) groups excluding carboxylic acids is 1. The number of fused-ring (bicyclic) bond motifs is 1. The van der Waals surface area contributed by atoms with Gasteiger partial charge in [-0.1, -0.05) is 30.3 Å². The molecule has 2 saturated heterocycles. The monoisotopic (exact) mass is 375 g/mol. The lowest BCUT2D eigenvalue weighted by atomic mass is 9.77. The predicted octanol–water partition coefficient (Wildman–Crippen LogP) is 2.86. The summed E-state index contributed by atoms with van der Waals surface area (Å²) in [5.74, 6) is 0.0805. The minimum Gasteiger partial charge on any atom is -0.338 e. The molecule has 0 atom stereocenters. The molecule has 1 spiro atoms. The van der Waals surface area contributed by atoms with E-state index in [0.29, 0.717) is 11.0 Å². The Bertz CT molecular complexity index is 975. The Morgan fingerprint density at radius 1 is 0.964 bits per heavy atom. The quantitative estimate of drug-likeness (QED) is 0.706. The molecule has 5 rings (SSSR count). The second-order valence-electron chi connectivity index (χ2n) is 8.20. The maximum atomic E-state index is 13.0. The first kappa shape index (κ1) is 17.4. The Morgan fingerprint density at radius 2 is 1.75 bits per heavy atom. The Labute approximate surface area is 164 Å². The maximum Gasteiger partial charge on any atom is 0.257 e. The number of aromatic nitrogens is 3. The van der Waals surface area contributed by atoms with Gasteiger partial charge in [0.05, 0.1) is 11.8 Å². The first-order chi connectivity index (χ1) is 13.7. The standard InChI is InChI=1S/C22H25N5O/c28-21(19-15-24-27-20(19)7-4-11-23-27)26-13-9-22(10-14-26)8-12-25(17-22)16-18-5-2-1-3-6-18/h1-7,11,15H,8-10,12-14,16-17H2. The van der Waals surface area contributed by atoms with Crippen LogP contribution in [0.3, 0.4) is 0 Å². The summed E-state index contributed by atoms with van der Waals surface area (Å²) in [5, 5.41) is 8.37. The smallest absolute Gasteiger partial charge is 0.257 e. The van der Waals surface area contributed by atoms with E-state index < -0.39 is 0 Å². The molecule has 6 heteroatoms. The summed E-state index contributed by atoms with van der Waals surface area (Å²) in [6.45, 7) is 4.99. The molecule has 1 amide bonds. The molecular formula is C22H25N5O. The molecule has 0 bridgehead atoms. The molecule has 0 saturated carbocycles. The third-order valence-corrected chi connectivity index (χ3v) is 6.41. The molecule has 2 aromatic heterocycles. The molecule has 0 N–H and O–H groups in total. The van der Waals surface area contributed by atoms with Crippen LogP contribution < -0.4 is 0 Å². The van der Waals surface area contributed by atoms with Crippen molar-refractivity contribution in [2.45, 2.75) is 25.8 Å². The number of benzene rings is 1. The van der Waals surface area contributed by atoms with E-state index in [1.54, 1.807) is 12.4 Å². The number of amides is 1. The third-order valence-electron chi connectivity index (χ3n) is 6.41. The lowest BCUT2D eigenvalue weighted by molar-refractivity contribution is 0.0589. The van der Waals surface area contributed by atoms with Crippen LogP contribution in [-0.4, -0.2) is 56.7 Å². The molecule has 0 unspecified atom stereocenters. The zero-order chi connectivity index (χ0) is 19.0. The van der Waals surface area contributed by atoms with Gasteiger partial charge in [0.15, 0.2) is 0 Å². The highest BCUT2D eigenvalue weighted by Crippen LogP contribution is 2.41. The van der Waals surface area contributed by atoms with Crippen molar-refractivity contribution in [2.24, 2.45) is 5.41 Å². The molecule has 0 radical (unpaired) electrons. The normalized spacial score (nSPS) is 19.5. The van der Waals surface area contributed by atoms with Crippen molar-refractivity contribution in [3.63, 3.8) is 0 Å². The Morgan fingerprint density at radius 3 is 2.57 bits per heavy atom. The van der Waals surface area contributed by atoms with Gasteiger partial charge in [0, 0.05) is 32.4 Å². The molecule has 2 aliphatic rings. The summed E-state index contributed by atoms with van der Waals surface area (Å²) in [5.41, 5.74) is 3.19. The average molecular weight is 375 g/mol. The zero-order valence-corrected chi connectivity index (χ0v) is 16.0. The highest BCUT2D eigenvalue weighted by molar-refractivity contribution is 6.00. The number of hydrogen-bond acceptors (Lipinski definition) is 4. The summed E-state index contributed by atoms with van der Waals surface area (Å²) in [6, 6.07) is 14.5. The predicted molar refractivity (Wildman–Crippen MR) is 107 cm³/mol. The van der Waals surface area contributed by atoms with Crippen molar-refractivity contribution in [3.05, 3.63) is 66.0 Å². The van der Waals surface area contributed by atoms with E-state index in [1.165, 1.54) is 16.6 Å². The minimum absolute atomic E-state index is 0.0805. The molecule has 144 valence electrons. The van der Waals surface area contributed by atoms with Crippen molar-refractivity contribution < 1.29 is 4.79 Å². The van der Waals surface area contributed by atoms with Crippen molar-refractivity contribution in [1.82, 2.24) is 24.6 Å². The van der Waals surface area contributed by atoms with Gasteiger partial charge in [-0.3, -0.25) is 9.69 Å². The molecule has 28 heavy (non-hydrogen) atoms. The highest BCUT2D eigenvalue weighted by atomic mass is 16.2. The molecule has 2 fully saturated rings. The van der Waals surface area contributed by atoms with Crippen molar-refractivity contribution >= 4 is 11.4 Å². The Hall–Kier alpha value is -2.73. The fraction of sp³-hybridized carbons (Fsp3) is 0.409. The summed E-state index contributed by atoms with van der Waals surface area (Å²) in [4.78, 5) is 17.6. The van der Waals surface area contributed by atoms with Crippen molar-refractivity contribution in [1.29, 1.82) is 0 Å². The van der Waals surface area contributed by atoms with Crippen molar-refractivity contribution in [2.75, 3.05) is 26.2 Å². The Kier molecular flexibility index (Phi) is 4.36. The maximum absolute atomic E-state index is 13.0. The summed E-state index contributed by atoms with van der Waals surface area (Å²) < 4.78 is 1.52. The first-order valence-corrected chi connectivity index (χ1v) is 10.1. The van der Waals surface area contributed by atoms with E-state index in [2.05, 4.69) is 45.4 Å². The largest absolute Gasteiger partial charge is 0.338 e. The van der Waals surface area contributed by atoms with Gasteiger partial charge in [0.2, 0.25) is 0 Å². The van der Waals surface area contributed by atoms with Crippen LogP contribution >= 0.6 is 0 Å². The van der Waals surface area contributed by atoms with Gasteiger partial charge < -0.3 is 4.90 Å². The molecule has 3 aromatic rings. The van der Waals surface area contributed by atoms with Gasteiger partial charge in [-0.05, 0) is 48.9 Å². The number of likely N-dealkylation sites (tertiary alicyclic amines) is 2. The SMILES string of the molecule is O=C(c1cnn2ncccc12)N1CCC2(CCN(Cc3ccccc3)C2)CC1. The van der Waals surface area contributed by atoms with E-state index in [4.69, 9.17) is 0 Å². The lowest BCUT2D eigenvalue weighted by Crippen LogP contribution is -2.44. The van der Waals surface area contributed by atoms with E-state index in [0.717, 1.165) is 51.1 Å². The van der Waals surface area contributed by atoms with E-state index in [-0.39, 0.29) is 5.91 Å². The molecule has 0 aliphatic carbocycles. The number of nitrogens with zero attached hydrogens (tertiary/aromatic N) is 5. The first-order valence-electron chi connectivity index (χ1n) is 10.1. The lowest BCUT2D eigenvalue weighted by Gasteiger charge is -2.39. The highest BCUT2D eigenvalue weighted by Gasteiger charge is 2.41. The number of hydrogen-bond donors (Lipinski definition) is 0. The molecular weight excluding hydrogens is 350 g/mol. The van der Waals surface area contributed by atoms with Crippen LogP contribution in [-0.2, 0) is 6.54 Å². The second-order valence-corrected chi connectivity index (χ2v) is 8.20. The van der Waals surface area contributed by atoms with Crippen LogP contribution in [0.15, 0.2) is 54.9 Å². The van der Waals surface area contributed by atoms with Gasteiger partial charge in [-0.25, -0.2) is 0 Å². The summed E-state index contributed by atoms with van der Waals surface area (Å²) in [7, 11) is 0. The van der Waals surface area contributed by atoms with Gasteiger partial charge in [0.25, 0.3) is 5.91 Å². The third kappa shape index (κ3) is 3.18. The van der Waals surface area contributed by atoms with Crippen LogP contribution in [0.5, 0.6) is 0 Å². The summed E-state index contributed by atoms with van der Waals surface area (Å²) >= 11 is 0. The molecule has 6 nitrogen and oxygen atoms in total. The van der Waals surface area contributed by atoms with Crippen LogP contribution in [0, 0.1) is 5.41 Å². The minimum atomic E-state index is 0.0805. The summed E-state index contributed by atoms with van der Waals surface area (Å²) in [6.07, 6.45) is 6.73. The van der Waals surface area contributed by atoms with Crippen molar-refractivity contribution in [3.8, 4) is 0 Å². The average Bonchev–Trinajstić information content (AvgIpc) is 3.33. The topological polar surface area (TPSA) is 53.7 Å². The second kappa shape index (κ2) is 7.02. The van der Waals surface area contributed by atoms with Crippen LogP contribution in [0.25, 0.3) is 5.52 Å². The fourth-order valence-corrected chi connectivity index (χ4v) is 4.76.